The zero-order valence-corrected chi connectivity index (χ0v) is 12.6. The molecule has 1 fully saturated rings. The zero-order valence-electron chi connectivity index (χ0n) is 12.6. The zero-order chi connectivity index (χ0) is 15.5. The lowest BCUT2D eigenvalue weighted by Gasteiger charge is -2.20. The third-order valence-corrected chi connectivity index (χ3v) is 4.35. The van der Waals surface area contributed by atoms with Crippen LogP contribution in [0.25, 0.3) is 5.69 Å². The quantitative estimate of drug-likeness (QED) is 0.909. The number of amides is 1. The second-order valence-electron chi connectivity index (χ2n) is 5.90. The maximum atomic E-state index is 12.3. The maximum absolute atomic E-state index is 12.3. The van der Waals surface area contributed by atoms with Crippen molar-refractivity contribution in [1.29, 1.82) is 0 Å². The monoisotopic (exact) mass is 299 g/mol. The highest BCUT2D eigenvalue weighted by atomic mass is 16.3. The van der Waals surface area contributed by atoms with Gasteiger partial charge in [-0.2, -0.15) is 0 Å². The van der Waals surface area contributed by atoms with E-state index in [1.165, 1.54) is 0 Å². The smallest absolute Gasteiger partial charge is 0.226 e. The molecule has 1 saturated carbocycles. The fraction of sp³-hybridized carbons (Fsp3) is 0.412. The van der Waals surface area contributed by atoms with Crippen molar-refractivity contribution in [2.45, 2.75) is 38.3 Å². The average molecular weight is 299 g/mol. The number of nitrogens with zero attached hydrogens (tertiary/aromatic N) is 2. The number of rotatable bonds is 4. The van der Waals surface area contributed by atoms with Crippen LogP contribution in [0.3, 0.4) is 0 Å². The fourth-order valence-corrected chi connectivity index (χ4v) is 3.02. The van der Waals surface area contributed by atoms with Crippen LogP contribution in [0.15, 0.2) is 43.0 Å². The van der Waals surface area contributed by atoms with Gasteiger partial charge < -0.3 is 15.0 Å². The van der Waals surface area contributed by atoms with Crippen LogP contribution in [0.5, 0.6) is 0 Å². The van der Waals surface area contributed by atoms with E-state index < -0.39 is 6.10 Å². The predicted octanol–water partition coefficient (Wildman–Crippen LogP) is 2.21. The van der Waals surface area contributed by atoms with Crippen molar-refractivity contribution in [3.8, 4) is 5.69 Å². The lowest BCUT2D eigenvalue weighted by Crippen LogP contribution is -2.36. The molecule has 1 amide bonds. The van der Waals surface area contributed by atoms with Crippen LogP contribution in [0.4, 0.5) is 0 Å². The van der Waals surface area contributed by atoms with E-state index in [4.69, 9.17) is 0 Å². The maximum Gasteiger partial charge on any atom is 0.226 e. The van der Waals surface area contributed by atoms with Gasteiger partial charge in [-0.1, -0.05) is 12.1 Å². The molecule has 1 aliphatic carbocycles. The van der Waals surface area contributed by atoms with Gasteiger partial charge in [-0.15, -0.1) is 0 Å². The molecule has 0 radical (unpaired) electrons. The number of benzene rings is 1. The average Bonchev–Trinajstić information content (AvgIpc) is 3.18. The minimum atomic E-state index is -0.496. The molecule has 2 N–H and O–H groups in total. The number of carbonyl (C=O) groups excluding carboxylic acids is 1. The van der Waals surface area contributed by atoms with Crippen molar-refractivity contribution in [1.82, 2.24) is 14.9 Å². The first-order valence-corrected chi connectivity index (χ1v) is 7.72. The van der Waals surface area contributed by atoms with E-state index in [-0.39, 0.29) is 17.9 Å². The summed E-state index contributed by atoms with van der Waals surface area (Å²) >= 11 is 0. The molecular formula is C17H21N3O2. The molecule has 2 aromatic rings. The minimum Gasteiger partial charge on any atom is -0.392 e. The van der Waals surface area contributed by atoms with E-state index >= 15 is 0 Å². The van der Waals surface area contributed by atoms with Crippen molar-refractivity contribution >= 4 is 5.91 Å². The summed E-state index contributed by atoms with van der Waals surface area (Å²) in [5.41, 5.74) is 2.05. The number of hydrogen-bond acceptors (Lipinski definition) is 3. The fourth-order valence-electron chi connectivity index (χ4n) is 3.02. The van der Waals surface area contributed by atoms with Crippen LogP contribution >= 0.6 is 0 Å². The first-order chi connectivity index (χ1) is 10.6. The molecule has 0 aliphatic heterocycles. The number of aliphatic hydroxyl groups is 1. The molecular weight excluding hydrogens is 278 g/mol. The van der Waals surface area contributed by atoms with Crippen LogP contribution < -0.4 is 5.32 Å². The molecule has 5 nitrogen and oxygen atoms in total. The minimum absolute atomic E-state index is 0.0504. The summed E-state index contributed by atoms with van der Waals surface area (Å²) < 4.78 is 1.93. The van der Waals surface area contributed by atoms with Crippen LogP contribution in [-0.2, 0) is 4.79 Å². The van der Waals surface area contributed by atoms with Gasteiger partial charge in [0.15, 0.2) is 0 Å². The Bertz CT molecular complexity index is 639. The molecule has 1 aliphatic rings. The SMILES string of the molecule is CC(NC(=O)C1CCCC1O)c1cccc(-n2ccnc2)c1. The molecule has 1 heterocycles. The van der Waals surface area contributed by atoms with Gasteiger partial charge in [-0.3, -0.25) is 4.79 Å². The molecule has 5 heteroatoms. The molecule has 0 spiro atoms. The topological polar surface area (TPSA) is 67.2 Å². The van der Waals surface area contributed by atoms with Crippen molar-refractivity contribution in [3.05, 3.63) is 48.5 Å². The van der Waals surface area contributed by atoms with E-state index in [0.717, 1.165) is 30.5 Å². The van der Waals surface area contributed by atoms with E-state index in [1.54, 1.807) is 12.5 Å². The molecule has 1 aromatic heterocycles. The lowest BCUT2D eigenvalue weighted by atomic mass is 10.0. The Morgan fingerprint density at radius 2 is 2.32 bits per heavy atom. The van der Waals surface area contributed by atoms with Crippen molar-refractivity contribution in [2.24, 2.45) is 5.92 Å². The molecule has 0 saturated heterocycles. The Balaban J connectivity index is 1.71. The number of hydrogen-bond donors (Lipinski definition) is 2. The van der Waals surface area contributed by atoms with Crippen LogP contribution in [0.1, 0.15) is 37.8 Å². The highest BCUT2D eigenvalue weighted by molar-refractivity contribution is 5.80. The number of imidazole rings is 1. The van der Waals surface area contributed by atoms with Gasteiger partial charge in [0, 0.05) is 18.1 Å². The molecule has 3 atom stereocenters. The third-order valence-electron chi connectivity index (χ3n) is 4.35. The number of carbonyl (C=O) groups is 1. The highest BCUT2D eigenvalue weighted by Crippen LogP contribution is 2.26. The van der Waals surface area contributed by atoms with Gasteiger partial charge >= 0.3 is 0 Å². The van der Waals surface area contributed by atoms with Gasteiger partial charge in [0.25, 0.3) is 0 Å². The number of aromatic nitrogens is 2. The van der Waals surface area contributed by atoms with Gasteiger partial charge in [-0.05, 0) is 43.9 Å². The number of nitrogens with one attached hydrogen (secondary N) is 1. The molecule has 1 aromatic carbocycles. The van der Waals surface area contributed by atoms with E-state index in [9.17, 15) is 9.90 Å². The van der Waals surface area contributed by atoms with Crippen LogP contribution in [0.2, 0.25) is 0 Å². The summed E-state index contributed by atoms with van der Waals surface area (Å²) in [4.78, 5) is 16.3. The molecule has 116 valence electrons. The van der Waals surface area contributed by atoms with Crippen molar-refractivity contribution < 1.29 is 9.90 Å². The summed E-state index contributed by atoms with van der Waals surface area (Å²) in [5.74, 6) is -0.315. The Morgan fingerprint density at radius 1 is 1.45 bits per heavy atom. The van der Waals surface area contributed by atoms with Crippen molar-refractivity contribution in [3.63, 3.8) is 0 Å². The molecule has 3 unspecified atom stereocenters. The van der Waals surface area contributed by atoms with Gasteiger partial charge in [0.1, 0.15) is 0 Å². The van der Waals surface area contributed by atoms with Crippen LogP contribution in [-0.4, -0.2) is 26.7 Å². The number of aliphatic hydroxyl groups excluding tert-OH is 1. The molecule has 0 bridgehead atoms. The van der Waals surface area contributed by atoms with Crippen LogP contribution in [0, 0.1) is 5.92 Å². The van der Waals surface area contributed by atoms with E-state index in [2.05, 4.69) is 10.3 Å². The summed E-state index contributed by atoms with van der Waals surface area (Å²) in [7, 11) is 0. The molecule has 3 rings (SSSR count). The van der Waals surface area contributed by atoms with Gasteiger partial charge in [-0.25, -0.2) is 4.98 Å². The Hall–Kier alpha value is -2.14. The normalized spacial score (nSPS) is 22.5. The summed E-state index contributed by atoms with van der Waals surface area (Å²) in [6.07, 6.45) is 7.29. The Morgan fingerprint density at radius 3 is 3.00 bits per heavy atom. The first-order valence-electron chi connectivity index (χ1n) is 7.72. The lowest BCUT2D eigenvalue weighted by molar-refractivity contribution is -0.128. The van der Waals surface area contributed by atoms with Gasteiger partial charge in [0.05, 0.1) is 24.4 Å². The second kappa shape index (κ2) is 6.32. The van der Waals surface area contributed by atoms with E-state index in [1.807, 2.05) is 42.0 Å². The standard InChI is InChI=1S/C17H21N3O2/c1-12(19-17(22)15-6-3-7-16(15)21)13-4-2-5-14(10-13)20-9-8-18-11-20/h2,4-5,8-12,15-16,21H,3,6-7H2,1H3,(H,19,22). The second-order valence-corrected chi connectivity index (χ2v) is 5.90. The predicted molar refractivity (Wildman–Crippen MR) is 83.5 cm³/mol. The third kappa shape index (κ3) is 3.04. The van der Waals surface area contributed by atoms with Gasteiger partial charge in [0.2, 0.25) is 5.91 Å². The highest BCUT2D eigenvalue weighted by Gasteiger charge is 2.32. The summed E-state index contributed by atoms with van der Waals surface area (Å²) in [6, 6.07) is 7.91. The van der Waals surface area contributed by atoms with Crippen molar-refractivity contribution in [2.75, 3.05) is 0 Å². The largest absolute Gasteiger partial charge is 0.392 e. The summed E-state index contributed by atoms with van der Waals surface area (Å²) in [6.45, 7) is 1.96. The molecule has 22 heavy (non-hydrogen) atoms. The Labute approximate surface area is 130 Å². The first kappa shape index (κ1) is 14.8. The summed E-state index contributed by atoms with van der Waals surface area (Å²) in [5, 5.41) is 12.9. The Kier molecular flexibility index (Phi) is 4.24. The van der Waals surface area contributed by atoms with E-state index in [0.29, 0.717) is 0 Å².